The highest BCUT2D eigenvalue weighted by atomic mass is 16.1. The van der Waals surface area contributed by atoms with Gasteiger partial charge in [-0.1, -0.05) is 6.92 Å². The smallest absolute Gasteiger partial charge is 0.254 e. The van der Waals surface area contributed by atoms with Crippen LogP contribution in [0.4, 0.5) is 5.82 Å². The maximum Gasteiger partial charge on any atom is 0.254 e. The first-order valence-corrected chi connectivity index (χ1v) is 11.2. The van der Waals surface area contributed by atoms with Crippen molar-refractivity contribution in [2.24, 2.45) is 0 Å². The minimum Gasteiger partial charge on any atom is -0.355 e. The van der Waals surface area contributed by atoms with Gasteiger partial charge in [0.25, 0.3) is 11.5 Å². The van der Waals surface area contributed by atoms with E-state index in [4.69, 9.17) is 0 Å². The number of H-pyrrole nitrogens is 1. The summed E-state index contributed by atoms with van der Waals surface area (Å²) >= 11 is 0. The molecule has 0 atom stereocenters. The first kappa shape index (κ1) is 21.1. The molecule has 4 aromatic rings. The van der Waals surface area contributed by atoms with Gasteiger partial charge in [-0.15, -0.1) is 0 Å². The van der Waals surface area contributed by atoms with Crippen molar-refractivity contribution >= 4 is 28.4 Å². The van der Waals surface area contributed by atoms with Crippen LogP contribution < -0.4 is 15.8 Å². The fourth-order valence-electron chi connectivity index (χ4n) is 4.48. The quantitative estimate of drug-likeness (QED) is 0.486. The van der Waals surface area contributed by atoms with E-state index in [1.165, 1.54) is 0 Å². The van der Waals surface area contributed by atoms with Crippen LogP contribution in [0.3, 0.4) is 0 Å². The largest absolute Gasteiger partial charge is 0.355 e. The molecule has 170 valence electrons. The van der Waals surface area contributed by atoms with E-state index in [-0.39, 0.29) is 11.5 Å². The van der Waals surface area contributed by atoms with Crippen LogP contribution in [0.25, 0.3) is 16.7 Å². The Kier molecular flexibility index (Phi) is 5.55. The normalized spacial score (nSPS) is 14.8. The van der Waals surface area contributed by atoms with E-state index < -0.39 is 0 Å². The van der Waals surface area contributed by atoms with E-state index in [1.807, 2.05) is 48.0 Å². The van der Waals surface area contributed by atoms with Crippen molar-refractivity contribution in [3.05, 3.63) is 69.9 Å². The van der Waals surface area contributed by atoms with Crippen molar-refractivity contribution in [1.29, 1.82) is 0 Å². The molecule has 0 saturated carbocycles. The van der Waals surface area contributed by atoms with Gasteiger partial charge in [0.2, 0.25) is 0 Å². The van der Waals surface area contributed by atoms with Crippen molar-refractivity contribution in [2.45, 2.75) is 19.9 Å². The van der Waals surface area contributed by atoms with E-state index >= 15 is 0 Å². The van der Waals surface area contributed by atoms with Crippen LogP contribution in [0, 0.1) is 0 Å². The Bertz CT molecular complexity index is 1380. The number of carbonyl (C=O) groups is 1. The second kappa shape index (κ2) is 8.67. The summed E-state index contributed by atoms with van der Waals surface area (Å²) in [4.78, 5) is 40.9. The molecular formula is C24H27N7O2. The Morgan fingerprint density at radius 1 is 1.15 bits per heavy atom. The molecule has 5 heterocycles. The number of rotatable bonds is 5. The Morgan fingerprint density at radius 3 is 2.73 bits per heavy atom. The van der Waals surface area contributed by atoms with E-state index in [1.54, 1.807) is 13.2 Å². The number of aromatic nitrogens is 4. The lowest BCUT2D eigenvalue weighted by atomic mass is 10.1. The zero-order chi connectivity index (χ0) is 22.9. The Labute approximate surface area is 191 Å². The molecule has 5 rings (SSSR count). The van der Waals surface area contributed by atoms with Crippen molar-refractivity contribution in [1.82, 2.24) is 29.6 Å². The fourth-order valence-corrected chi connectivity index (χ4v) is 4.48. The average molecular weight is 446 g/mol. The van der Waals surface area contributed by atoms with Gasteiger partial charge in [-0.3, -0.25) is 23.9 Å². The zero-order valence-corrected chi connectivity index (χ0v) is 18.8. The number of hydrogen-bond acceptors (Lipinski definition) is 6. The molecule has 1 amide bonds. The Balaban J connectivity index is 1.29. The molecular weight excluding hydrogens is 418 g/mol. The van der Waals surface area contributed by atoms with E-state index in [0.29, 0.717) is 17.6 Å². The predicted octanol–water partition coefficient (Wildman–Crippen LogP) is 1.81. The number of fused-ring (bicyclic) bond motifs is 2. The predicted molar refractivity (Wildman–Crippen MR) is 128 cm³/mol. The summed E-state index contributed by atoms with van der Waals surface area (Å²) in [5, 5.41) is 2.67. The van der Waals surface area contributed by atoms with Crippen LogP contribution in [0.2, 0.25) is 0 Å². The highest BCUT2D eigenvalue weighted by molar-refractivity contribution is 6.00. The molecule has 0 spiro atoms. The number of piperazine rings is 1. The van der Waals surface area contributed by atoms with Gasteiger partial charge in [-0.2, -0.15) is 0 Å². The van der Waals surface area contributed by atoms with E-state index in [2.05, 4.69) is 30.1 Å². The third-order valence-corrected chi connectivity index (χ3v) is 6.31. The van der Waals surface area contributed by atoms with Crippen molar-refractivity contribution in [3.63, 3.8) is 0 Å². The third-order valence-electron chi connectivity index (χ3n) is 6.31. The first-order valence-electron chi connectivity index (χ1n) is 11.2. The molecule has 9 heteroatoms. The molecule has 0 unspecified atom stereocenters. The third kappa shape index (κ3) is 3.95. The van der Waals surface area contributed by atoms with Gasteiger partial charge in [0.15, 0.2) is 5.65 Å². The average Bonchev–Trinajstić information content (AvgIpc) is 3.33. The molecule has 2 N–H and O–H groups in total. The molecule has 1 saturated heterocycles. The van der Waals surface area contributed by atoms with Crippen LogP contribution in [-0.4, -0.2) is 63.4 Å². The number of hydrogen-bond donors (Lipinski definition) is 2. The number of nitrogens with one attached hydrogen (secondary N) is 2. The monoisotopic (exact) mass is 445 g/mol. The molecule has 1 aliphatic heterocycles. The summed E-state index contributed by atoms with van der Waals surface area (Å²) in [7, 11) is 1.63. The van der Waals surface area contributed by atoms with Crippen LogP contribution >= 0.6 is 0 Å². The Hall–Kier alpha value is -3.72. The second-order valence-electron chi connectivity index (χ2n) is 8.32. The molecule has 0 radical (unpaired) electrons. The lowest BCUT2D eigenvalue weighted by molar-refractivity contribution is 0.0964. The van der Waals surface area contributed by atoms with Crippen LogP contribution in [0.5, 0.6) is 0 Å². The van der Waals surface area contributed by atoms with Gasteiger partial charge in [-0.05, 0) is 36.2 Å². The standard InChI is InChI=1S/C24H27N7O2/c1-3-17-13-19-20(28-23(17)32)12-16(14-27-19)15-29-8-10-30(11-9-29)21-5-4-18(24(33)25-2)22-26-6-7-31(21)22/h4-7,12-14H,3,8-11,15H2,1-2H3,(H,25,33)(H,28,32). The van der Waals surface area contributed by atoms with Gasteiger partial charge in [-0.25, -0.2) is 4.98 Å². The summed E-state index contributed by atoms with van der Waals surface area (Å²) in [5.74, 6) is 0.894. The second-order valence-corrected chi connectivity index (χ2v) is 8.32. The maximum atomic E-state index is 12.2. The highest BCUT2D eigenvalue weighted by Crippen LogP contribution is 2.22. The fraction of sp³-hybridized carbons (Fsp3) is 0.333. The first-order chi connectivity index (χ1) is 16.1. The summed E-state index contributed by atoms with van der Waals surface area (Å²) in [6, 6.07) is 7.74. The number of pyridine rings is 3. The molecule has 0 aromatic carbocycles. The van der Waals surface area contributed by atoms with Gasteiger partial charge < -0.3 is 15.2 Å². The number of nitrogens with zero attached hydrogens (tertiary/aromatic N) is 5. The molecule has 33 heavy (non-hydrogen) atoms. The lowest BCUT2D eigenvalue weighted by Crippen LogP contribution is -2.46. The van der Waals surface area contributed by atoms with Gasteiger partial charge in [0, 0.05) is 63.9 Å². The minimum absolute atomic E-state index is 0.0363. The number of anilines is 1. The number of aryl methyl sites for hydroxylation is 1. The van der Waals surface area contributed by atoms with Crippen molar-refractivity contribution in [3.8, 4) is 0 Å². The number of carbonyl (C=O) groups excluding carboxylic acids is 1. The van der Waals surface area contributed by atoms with Crippen molar-refractivity contribution < 1.29 is 4.79 Å². The molecule has 1 fully saturated rings. The van der Waals surface area contributed by atoms with Crippen LogP contribution in [0.1, 0.15) is 28.4 Å². The Morgan fingerprint density at radius 2 is 1.97 bits per heavy atom. The SMILES string of the molecule is CCc1cc2ncc(CN3CCN(c4ccc(C(=O)NC)c5nccn45)CC3)cc2[nH]c1=O. The number of aromatic amines is 1. The summed E-state index contributed by atoms with van der Waals surface area (Å²) in [6.07, 6.45) is 6.22. The summed E-state index contributed by atoms with van der Waals surface area (Å²) in [5.41, 5.74) is 4.65. The summed E-state index contributed by atoms with van der Waals surface area (Å²) < 4.78 is 1.98. The topological polar surface area (TPSA) is 98.6 Å². The van der Waals surface area contributed by atoms with E-state index in [9.17, 15) is 9.59 Å². The molecule has 9 nitrogen and oxygen atoms in total. The molecule has 4 aromatic heterocycles. The van der Waals surface area contributed by atoms with Gasteiger partial charge in [0.05, 0.1) is 16.6 Å². The highest BCUT2D eigenvalue weighted by Gasteiger charge is 2.21. The minimum atomic E-state index is -0.140. The summed E-state index contributed by atoms with van der Waals surface area (Å²) in [6.45, 7) is 6.28. The molecule has 0 bridgehead atoms. The molecule has 1 aliphatic rings. The van der Waals surface area contributed by atoms with Crippen LogP contribution in [0.15, 0.2) is 47.7 Å². The zero-order valence-electron chi connectivity index (χ0n) is 18.8. The van der Waals surface area contributed by atoms with Crippen molar-refractivity contribution in [2.75, 3.05) is 38.1 Å². The number of amides is 1. The van der Waals surface area contributed by atoms with Crippen LogP contribution in [-0.2, 0) is 13.0 Å². The lowest BCUT2D eigenvalue weighted by Gasteiger charge is -2.36. The maximum absolute atomic E-state index is 12.2. The van der Waals surface area contributed by atoms with Gasteiger partial charge >= 0.3 is 0 Å². The molecule has 0 aliphatic carbocycles. The van der Waals surface area contributed by atoms with E-state index in [0.717, 1.165) is 60.7 Å². The number of imidazole rings is 1. The van der Waals surface area contributed by atoms with Gasteiger partial charge in [0.1, 0.15) is 5.82 Å².